The van der Waals surface area contributed by atoms with Crippen LogP contribution in [-0.2, 0) is 0 Å². The van der Waals surface area contributed by atoms with Crippen LogP contribution in [0.4, 0.5) is 0 Å². The van der Waals surface area contributed by atoms with Crippen molar-refractivity contribution in [3.63, 3.8) is 0 Å². The minimum Gasteiger partial charge on any atom is -0.396 e. The van der Waals surface area contributed by atoms with Gasteiger partial charge < -0.3 is 5.11 Å². The standard InChI is InChI=1S/C20H24O/c1-15-2-6-17(7-3-15)19-10-12-20(13-11-19)18-8-4-16(14-21)5-9-18/h2-3,6-7,10-13,16,18,21H,4-5,8-9,14H2,1H3. The fourth-order valence-corrected chi connectivity index (χ4v) is 3.37. The van der Waals surface area contributed by atoms with Crippen LogP contribution in [0, 0.1) is 12.8 Å². The first-order valence-corrected chi connectivity index (χ1v) is 8.04. The van der Waals surface area contributed by atoms with E-state index in [2.05, 4.69) is 55.5 Å². The molecule has 2 aromatic rings. The van der Waals surface area contributed by atoms with Crippen LogP contribution in [0.15, 0.2) is 48.5 Å². The molecule has 0 saturated heterocycles. The molecule has 0 aromatic heterocycles. The minimum atomic E-state index is 0.360. The van der Waals surface area contributed by atoms with E-state index < -0.39 is 0 Å². The summed E-state index contributed by atoms with van der Waals surface area (Å²) in [6, 6.07) is 17.8. The third-order valence-corrected chi connectivity index (χ3v) is 4.87. The van der Waals surface area contributed by atoms with E-state index in [1.807, 2.05) is 0 Å². The smallest absolute Gasteiger partial charge is 0.0459 e. The van der Waals surface area contributed by atoms with Gasteiger partial charge >= 0.3 is 0 Å². The summed E-state index contributed by atoms with van der Waals surface area (Å²) in [5.74, 6) is 1.22. The lowest BCUT2D eigenvalue weighted by Gasteiger charge is -2.27. The topological polar surface area (TPSA) is 20.2 Å². The summed E-state index contributed by atoms with van der Waals surface area (Å²) in [4.78, 5) is 0. The molecule has 0 atom stereocenters. The number of benzene rings is 2. The highest BCUT2D eigenvalue weighted by molar-refractivity contribution is 5.64. The van der Waals surface area contributed by atoms with Gasteiger partial charge in [0.2, 0.25) is 0 Å². The van der Waals surface area contributed by atoms with Crippen LogP contribution in [0.2, 0.25) is 0 Å². The van der Waals surface area contributed by atoms with Crippen molar-refractivity contribution < 1.29 is 5.11 Å². The molecule has 0 radical (unpaired) electrons. The molecule has 1 N–H and O–H groups in total. The zero-order valence-electron chi connectivity index (χ0n) is 12.8. The van der Waals surface area contributed by atoms with Gasteiger partial charge in [0.1, 0.15) is 0 Å². The lowest BCUT2D eigenvalue weighted by Crippen LogP contribution is -2.15. The van der Waals surface area contributed by atoms with E-state index in [-0.39, 0.29) is 0 Å². The maximum Gasteiger partial charge on any atom is 0.0459 e. The normalized spacial score (nSPS) is 22.2. The second kappa shape index (κ2) is 6.44. The van der Waals surface area contributed by atoms with Crippen molar-refractivity contribution in [1.82, 2.24) is 0 Å². The van der Waals surface area contributed by atoms with Crippen molar-refractivity contribution in [2.45, 2.75) is 38.5 Å². The summed E-state index contributed by atoms with van der Waals surface area (Å²) in [6.07, 6.45) is 4.77. The lowest BCUT2D eigenvalue weighted by molar-refractivity contribution is 0.182. The minimum absolute atomic E-state index is 0.360. The maximum atomic E-state index is 9.23. The van der Waals surface area contributed by atoms with Crippen molar-refractivity contribution in [1.29, 1.82) is 0 Å². The Morgan fingerprint density at radius 1 is 0.810 bits per heavy atom. The zero-order chi connectivity index (χ0) is 14.7. The van der Waals surface area contributed by atoms with Crippen LogP contribution in [0.5, 0.6) is 0 Å². The number of hydrogen-bond acceptors (Lipinski definition) is 1. The van der Waals surface area contributed by atoms with Crippen LogP contribution in [0.1, 0.15) is 42.7 Å². The molecule has 1 nitrogen and oxygen atoms in total. The van der Waals surface area contributed by atoms with Crippen molar-refractivity contribution in [3.8, 4) is 11.1 Å². The van der Waals surface area contributed by atoms with Crippen LogP contribution >= 0.6 is 0 Å². The number of aliphatic hydroxyl groups is 1. The van der Waals surface area contributed by atoms with Gasteiger partial charge in [-0.15, -0.1) is 0 Å². The van der Waals surface area contributed by atoms with Gasteiger partial charge in [0, 0.05) is 6.61 Å². The lowest BCUT2D eigenvalue weighted by atomic mass is 9.79. The molecular formula is C20H24O. The SMILES string of the molecule is Cc1ccc(-c2ccc(C3CCC(CO)CC3)cc2)cc1. The van der Waals surface area contributed by atoms with Gasteiger partial charge in [-0.3, -0.25) is 0 Å². The summed E-state index contributed by atoms with van der Waals surface area (Å²) < 4.78 is 0. The maximum absolute atomic E-state index is 9.23. The van der Waals surface area contributed by atoms with Crippen molar-refractivity contribution in [3.05, 3.63) is 59.7 Å². The average molecular weight is 280 g/mol. The molecule has 1 saturated carbocycles. The van der Waals surface area contributed by atoms with Gasteiger partial charge in [0.05, 0.1) is 0 Å². The Kier molecular flexibility index (Phi) is 4.40. The van der Waals surface area contributed by atoms with E-state index in [0.29, 0.717) is 18.4 Å². The van der Waals surface area contributed by atoms with E-state index in [9.17, 15) is 5.11 Å². The summed E-state index contributed by atoms with van der Waals surface area (Å²) in [6.45, 7) is 2.48. The Bertz CT molecular complexity index is 560. The zero-order valence-corrected chi connectivity index (χ0v) is 12.8. The fraction of sp³-hybridized carbons (Fsp3) is 0.400. The molecule has 0 heterocycles. The highest BCUT2D eigenvalue weighted by atomic mass is 16.3. The van der Waals surface area contributed by atoms with Gasteiger partial charge in [-0.25, -0.2) is 0 Å². The molecule has 1 heteroatoms. The Morgan fingerprint density at radius 2 is 1.33 bits per heavy atom. The van der Waals surface area contributed by atoms with Gasteiger partial charge in [-0.2, -0.15) is 0 Å². The monoisotopic (exact) mass is 280 g/mol. The third kappa shape index (κ3) is 3.36. The third-order valence-electron chi connectivity index (χ3n) is 4.87. The van der Waals surface area contributed by atoms with Crippen LogP contribution in [0.25, 0.3) is 11.1 Å². The molecule has 1 aliphatic rings. The quantitative estimate of drug-likeness (QED) is 0.845. The molecule has 0 spiro atoms. The highest BCUT2D eigenvalue weighted by Gasteiger charge is 2.21. The molecule has 0 bridgehead atoms. The van der Waals surface area contributed by atoms with E-state index in [0.717, 1.165) is 0 Å². The number of rotatable bonds is 3. The second-order valence-corrected chi connectivity index (χ2v) is 6.39. The predicted octanol–water partition coefficient (Wildman–Crippen LogP) is 4.93. The molecule has 0 aliphatic heterocycles. The van der Waals surface area contributed by atoms with Crippen LogP contribution in [0.3, 0.4) is 0 Å². The molecule has 1 aliphatic carbocycles. The van der Waals surface area contributed by atoms with Crippen LogP contribution in [-0.4, -0.2) is 11.7 Å². The molecule has 0 amide bonds. The van der Waals surface area contributed by atoms with E-state index in [4.69, 9.17) is 0 Å². The first-order valence-electron chi connectivity index (χ1n) is 8.04. The Morgan fingerprint density at radius 3 is 1.86 bits per heavy atom. The van der Waals surface area contributed by atoms with Gasteiger partial charge in [0.25, 0.3) is 0 Å². The van der Waals surface area contributed by atoms with Gasteiger partial charge in [-0.1, -0.05) is 54.1 Å². The summed E-state index contributed by atoms with van der Waals surface area (Å²) in [7, 11) is 0. The number of aliphatic hydroxyl groups excluding tert-OH is 1. The number of aryl methyl sites for hydroxylation is 1. The summed E-state index contributed by atoms with van der Waals surface area (Å²) >= 11 is 0. The van der Waals surface area contributed by atoms with Crippen molar-refractivity contribution in [2.24, 2.45) is 5.92 Å². The molecule has 21 heavy (non-hydrogen) atoms. The first-order chi connectivity index (χ1) is 10.3. The molecule has 1 fully saturated rings. The predicted molar refractivity (Wildman–Crippen MR) is 88.4 cm³/mol. The van der Waals surface area contributed by atoms with Crippen LogP contribution < -0.4 is 0 Å². The van der Waals surface area contributed by atoms with E-state index >= 15 is 0 Å². The van der Waals surface area contributed by atoms with E-state index in [1.165, 1.54) is 47.9 Å². The summed E-state index contributed by atoms with van der Waals surface area (Å²) in [5, 5.41) is 9.23. The molecule has 0 unspecified atom stereocenters. The Hall–Kier alpha value is -1.60. The average Bonchev–Trinajstić information content (AvgIpc) is 2.56. The number of hydrogen-bond donors (Lipinski definition) is 1. The highest BCUT2D eigenvalue weighted by Crippen LogP contribution is 2.36. The van der Waals surface area contributed by atoms with Crippen molar-refractivity contribution >= 4 is 0 Å². The fourth-order valence-electron chi connectivity index (χ4n) is 3.37. The molecule has 2 aromatic carbocycles. The molecule has 110 valence electrons. The molecular weight excluding hydrogens is 256 g/mol. The van der Waals surface area contributed by atoms with E-state index in [1.54, 1.807) is 0 Å². The van der Waals surface area contributed by atoms with Crippen molar-refractivity contribution in [2.75, 3.05) is 6.61 Å². The summed E-state index contributed by atoms with van der Waals surface area (Å²) in [5.41, 5.74) is 5.34. The largest absolute Gasteiger partial charge is 0.396 e. The second-order valence-electron chi connectivity index (χ2n) is 6.39. The van der Waals surface area contributed by atoms with Gasteiger partial charge in [0.15, 0.2) is 0 Å². The Balaban J connectivity index is 1.71. The van der Waals surface area contributed by atoms with Gasteiger partial charge in [-0.05, 0) is 61.1 Å². The Labute approximate surface area is 127 Å². The first kappa shape index (κ1) is 14.3. The molecule has 3 rings (SSSR count).